The van der Waals surface area contributed by atoms with Gasteiger partial charge in [-0.25, -0.2) is 0 Å². The molecule has 0 spiro atoms. The fourth-order valence-corrected chi connectivity index (χ4v) is 3.99. The van der Waals surface area contributed by atoms with Crippen molar-refractivity contribution in [1.82, 2.24) is 5.32 Å². The molecule has 3 aromatic carbocycles. The standard InChI is InChI=1S/C26H27N3O2S/c30-25(21-12-9-13-22(18-21)31-19-20-10-3-1-4-11-20)28-26(32)27-23-14-5-6-15-24(23)29-16-7-2-8-17-29/h1,3-6,9-15,18H,2,7-8,16-17,19H2,(H2,27,28,30,32). The lowest BCUT2D eigenvalue weighted by Gasteiger charge is -2.30. The fraction of sp³-hybridized carbons (Fsp3) is 0.231. The Bertz CT molecular complexity index is 1070. The largest absolute Gasteiger partial charge is 0.489 e. The van der Waals surface area contributed by atoms with E-state index in [1.807, 2.05) is 54.6 Å². The van der Waals surface area contributed by atoms with Crippen LogP contribution in [0.1, 0.15) is 35.2 Å². The summed E-state index contributed by atoms with van der Waals surface area (Å²) in [6, 6.07) is 25.1. The summed E-state index contributed by atoms with van der Waals surface area (Å²) in [5, 5.41) is 6.25. The lowest BCUT2D eigenvalue weighted by molar-refractivity contribution is 0.0977. The van der Waals surface area contributed by atoms with Gasteiger partial charge in [0.05, 0.1) is 11.4 Å². The van der Waals surface area contributed by atoms with Gasteiger partial charge >= 0.3 is 0 Å². The Morgan fingerprint density at radius 2 is 1.66 bits per heavy atom. The Hall–Kier alpha value is -3.38. The molecule has 6 heteroatoms. The van der Waals surface area contributed by atoms with E-state index in [-0.39, 0.29) is 11.0 Å². The van der Waals surface area contributed by atoms with Gasteiger partial charge in [0.15, 0.2) is 5.11 Å². The maximum atomic E-state index is 12.8. The molecule has 0 radical (unpaired) electrons. The zero-order chi connectivity index (χ0) is 22.2. The van der Waals surface area contributed by atoms with Crippen LogP contribution in [-0.2, 0) is 6.61 Å². The average molecular weight is 446 g/mol. The number of para-hydroxylation sites is 2. The summed E-state index contributed by atoms with van der Waals surface area (Å²) in [5.41, 5.74) is 3.57. The highest BCUT2D eigenvalue weighted by Crippen LogP contribution is 2.28. The van der Waals surface area contributed by atoms with Gasteiger partial charge in [0.25, 0.3) is 5.91 Å². The molecule has 2 N–H and O–H groups in total. The molecular formula is C26H27N3O2S. The summed E-state index contributed by atoms with van der Waals surface area (Å²) >= 11 is 5.43. The number of hydrogen-bond acceptors (Lipinski definition) is 4. The molecule has 32 heavy (non-hydrogen) atoms. The topological polar surface area (TPSA) is 53.6 Å². The number of thiocarbonyl (C=S) groups is 1. The Kier molecular flexibility index (Phi) is 7.35. The molecule has 0 aliphatic carbocycles. The number of ether oxygens (including phenoxy) is 1. The zero-order valence-electron chi connectivity index (χ0n) is 17.9. The molecule has 1 aliphatic rings. The SMILES string of the molecule is O=C(NC(=S)Nc1ccccc1N1CCCCC1)c1cccc(OCc2ccccc2)c1. The highest BCUT2D eigenvalue weighted by molar-refractivity contribution is 7.80. The highest BCUT2D eigenvalue weighted by atomic mass is 32.1. The lowest BCUT2D eigenvalue weighted by atomic mass is 10.1. The van der Waals surface area contributed by atoms with Gasteiger partial charge in [-0.15, -0.1) is 0 Å². The average Bonchev–Trinajstić information content (AvgIpc) is 2.84. The molecule has 5 nitrogen and oxygen atoms in total. The van der Waals surface area contributed by atoms with E-state index in [0.29, 0.717) is 17.9 Å². The first-order valence-electron chi connectivity index (χ1n) is 10.9. The van der Waals surface area contributed by atoms with Crippen LogP contribution in [0.15, 0.2) is 78.9 Å². The van der Waals surface area contributed by atoms with Gasteiger partial charge in [-0.2, -0.15) is 0 Å². The Morgan fingerprint density at radius 1 is 0.906 bits per heavy atom. The summed E-state index contributed by atoms with van der Waals surface area (Å²) in [6.45, 7) is 2.51. The monoisotopic (exact) mass is 445 g/mol. The van der Waals surface area contributed by atoms with Crippen molar-refractivity contribution in [3.05, 3.63) is 90.0 Å². The molecule has 0 unspecified atom stereocenters. The molecule has 1 aliphatic heterocycles. The minimum absolute atomic E-state index is 0.273. The minimum Gasteiger partial charge on any atom is -0.489 e. The number of carbonyl (C=O) groups is 1. The summed E-state index contributed by atoms with van der Waals surface area (Å²) < 4.78 is 5.83. The number of piperidine rings is 1. The smallest absolute Gasteiger partial charge is 0.257 e. The molecule has 0 aromatic heterocycles. The van der Waals surface area contributed by atoms with Crippen LogP contribution in [0, 0.1) is 0 Å². The first kappa shape index (κ1) is 21.8. The molecule has 1 fully saturated rings. The molecule has 0 saturated carbocycles. The Morgan fingerprint density at radius 3 is 2.47 bits per heavy atom. The quantitative estimate of drug-likeness (QED) is 0.499. The van der Waals surface area contributed by atoms with E-state index >= 15 is 0 Å². The number of hydrogen-bond donors (Lipinski definition) is 2. The third-order valence-corrected chi connectivity index (χ3v) is 5.62. The van der Waals surface area contributed by atoms with Crippen molar-refractivity contribution in [3.8, 4) is 5.75 Å². The number of amides is 1. The van der Waals surface area contributed by atoms with Crippen molar-refractivity contribution < 1.29 is 9.53 Å². The molecule has 1 saturated heterocycles. The minimum atomic E-state index is -0.275. The van der Waals surface area contributed by atoms with Crippen molar-refractivity contribution in [1.29, 1.82) is 0 Å². The third kappa shape index (κ3) is 5.86. The molecule has 0 atom stereocenters. The number of rotatable bonds is 6. The number of anilines is 2. The van der Waals surface area contributed by atoms with Gasteiger partial charge in [-0.3, -0.25) is 10.1 Å². The van der Waals surface area contributed by atoms with Crippen LogP contribution >= 0.6 is 12.2 Å². The second-order valence-corrected chi connectivity index (χ2v) is 8.18. The van der Waals surface area contributed by atoms with Crippen LogP contribution in [0.4, 0.5) is 11.4 Å². The van der Waals surface area contributed by atoms with Crippen molar-refractivity contribution in [2.24, 2.45) is 0 Å². The first-order chi connectivity index (χ1) is 15.7. The van der Waals surface area contributed by atoms with Gasteiger partial charge in [-0.1, -0.05) is 48.5 Å². The van der Waals surface area contributed by atoms with Crippen LogP contribution in [0.2, 0.25) is 0 Å². The summed E-state index contributed by atoms with van der Waals surface area (Å²) in [6.07, 6.45) is 3.66. The van der Waals surface area contributed by atoms with E-state index in [9.17, 15) is 4.79 Å². The van der Waals surface area contributed by atoms with E-state index < -0.39 is 0 Å². The second kappa shape index (κ2) is 10.8. The Balaban J connectivity index is 1.36. The van der Waals surface area contributed by atoms with E-state index in [1.54, 1.807) is 18.2 Å². The molecule has 0 bridgehead atoms. The number of nitrogens with zero attached hydrogens (tertiary/aromatic N) is 1. The fourth-order valence-electron chi connectivity index (χ4n) is 3.79. The third-order valence-electron chi connectivity index (χ3n) is 5.42. The van der Waals surface area contributed by atoms with Crippen molar-refractivity contribution >= 4 is 34.6 Å². The molecule has 1 amide bonds. The molecule has 3 aromatic rings. The van der Waals surface area contributed by atoms with Crippen LogP contribution < -0.4 is 20.3 Å². The van der Waals surface area contributed by atoms with Gasteiger partial charge in [0.2, 0.25) is 0 Å². The van der Waals surface area contributed by atoms with Gasteiger partial charge < -0.3 is 15.0 Å². The van der Waals surface area contributed by atoms with Crippen LogP contribution in [0.5, 0.6) is 5.75 Å². The van der Waals surface area contributed by atoms with Gasteiger partial charge in [-0.05, 0) is 67.4 Å². The summed E-state index contributed by atoms with van der Waals surface area (Å²) in [5.74, 6) is 0.360. The lowest BCUT2D eigenvalue weighted by Crippen LogP contribution is -2.35. The normalized spacial score (nSPS) is 13.3. The van der Waals surface area contributed by atoms with Crippen molar-refractivity contribution in [3.63, 3.8) is 0 Å². The van der Waals surface area contributed by atoms with Gasteiger partial charge in [0.1, 0.15) is 12.4 Å². The van der Waals surface area contributed by atoms with E-state index in [0.717, 1.165) is 30.0 Å². The predicted molar refractivity (Wildman–Crippen MR) is 133 cm³/mol. The van der Waals surface area contributed by atoms with E-state index in [4.69, 9.17) is 17.0 Å². The van der Waals surface area contributed by atoms with Crippen LogP contribution in [0.3, 0.4) is 0 Å². The number of benzene rings is 3. The number of carbonyl (C=O) groups excluding carboxylic acids is 1. The number of nitrogens with one attached hydrogen (secondary N) is 2. The maximum Gasteiger partial charge on any atom is 0.257 e. The van der Waals surface area contributed by atoms with E-state index in [2.05, 4.69) is 21.6 Å². The molecule has 164 valence electrons. The summed E-state index contributed by atoms with van der Waals surface area (Å²) in [7, 11) is 0. The predicted octanol–water partition coefficient (Wildman–Crippen LogP) is 5.38. The van der Waals surface area contributed by atoms with Crippen molar-refractivity contribution in [2.75, 3.05) is 23.3 Å². The molecule has 4 rings (SSSR count). The van der Waals surface area contributed by atoms with E-state index in [1.165, 1.54) is 19.3 Å². The van der Waals surface area contributed by atoms with Crippen LogP contribution in [-0.4, -0.2) is 24.1 Å². The van der Waals surface area contributed by atoms with Crippen molar-refractivity contribution in [2.45, 2.75) is 25.9 Å². The second-order valence-electron chi connectivity index (χ2n) is 7.78. The Labute approximate surface area is 194 Å². The van der Waals surface area contributed by atoms with Crippen LogP contribution in [0.25, 0.3) is 0 Å². The zero-order valence-corrected chi connectivity index (χ0v) is 18.7. The first-order valence-corrected chi connectivity index (χ1v) is 11.3. The molecular weight excluding hydrogens is 418 g/mol. The summed E-state index contributed by atoms with van der Waals surface area (Å²) in [4.78, 5) is 15.1. The van der Waals surface area contributed by atoms with Gasteiger partial charge in [0, 0.05) is 18.7 Å². The molecule has 1 heterocycles. The highest BCUT2D eigenvalue weighted by Gasteiger charge is 2.16. The maximum absolute atomic E-state index is 12.8.